The molecule has 0 spiro atoms. The molecule has 0 saturated carbocycles. The van der Waals surface area contributed by atoms with Gasteiger partial charge in [0, 0.05) is 19.3 Å². The Hall–Kier alpha value is -3.93. The van der Waals surface area contributed by atoms with Crippen LogP contribution in [0.4, 0.5) is 0 Å². The van der Waals surface area contributed by atoms with Crippen molar-refractivity contribution in [3.63, 3.8) is 0 Å². The lowest BCUT2D eigenvalue weighted by molar-refractivity contribution is -0.167. The summed E-state index contributed by atoms with van der Waals surface area (Å²) in [5, 5.41) is 0. The van der Waals surface area contributed by atoms with Crippen LogP contribution < -0.4 is 0 Å². The standard InChI is InChI=1S/C51H80O6/c1-4-7-10-13-16-19-21-23-24-25-26-27-28-30-32-35-38-41-44-50(53)56-47-48(46-55-49(52)43-40-37-34-31-18-15-12-9-6-3)57-51(54)45-42-39-36-33-29-22-20-17-14-11-8-5-2/h8,10-11,13,16-17,19-21,23-27,29,31,33-34,48H,4-7,9,12,14-15,18,22,28,30,32,35-47H2,1-3H3/b11-8-,13-10-,19-16-,20-17-,23-21-,25-24-,27-26-,33-29-,34-31-. The molecule has 0 aromatic rings. The molecule has 0 heterocycles. The lowest BCUT2D eigenvalue weighted by Crippen LogP contribution is -2.30. The number of allylic oxidation sites excluding steroid dienone is 18. The van der Waals surface area contributed by atoms with Gasteiger partial charge in [-0.1, -0.05) is 175 Å². The van der Waals surface area contributed by atoms with Crippen LogP contribution in [0.5, 0.6) is 0 Å². The Kier molecular flexibility index (Phi) is 41.7. The van der Waals surface area contributed by atoms with Gasteiger partial charge in [-0.3, -0.25) is 14.4 Å². The third-order valence-corrected chi connectivity index (χ3v) is 8.84. The van der Waals surface area contributed by atoms with E-state index in [2.05, 4.69) is 93.7 Å². The molecule has 320 valence electrons. The van der Waals surface area contributed by atoms with Crippen LogP contribution in [0.15, 0.2) is 109 Å². The first-order valence-electron chi connectivity index (χ1n) is 22.5. The topological polar surface area (TPSA) is 78.9 Å². The summed E-state index contributed by atoms with van der Waals surface area (Å²) < 4.78 is 16.6. The molecule has 0 rings (SSSR count). The summed E-state index contributed by atoms with van der Waals surface area (Å²) in [6.45, 7) is 6.28. The van der Waals surface area contributed by atoms with E-state index in [0.29, 0.717) is 25.7 Å². The summed E-state index contributed by atoms with van der Waals surface area (Å²) in [5.41, 5.74) is 0. The molecule has 0 aliphatic carbocycles. The number of hydrogen-bond acceptors (Lipinski definition) is 6. The quantitative estimate of drug-likeness (QED) is 0.0204. The van der Waals surface area contributed by atoms with E-state index in [1.807, 2.05) is 36.5 Å². The molecule has 0 N–H and O–H groups in total. The number of esters is 3. The van der Waals surface area contributed by atoms with Gasteiger partial charge in [-0.2, -0.15) is 0 Å². The highest BCUT2D eigenvalue weighted by Gasteiger charge is 2.19. The Labute approximate surface area is 349 Å². The molecule has 1 unspecified atom stereocenters. The van der Waals surface area contributed by atoms with Crippen LogP contribution in [0, 0.1) is 0 Å². The first-order valence-corrected chi connectivity index (χ1v) is 22.5. The van der Waals surface area contributed by atoms with E-state index in [1.165, 1.54) is 32.1 Å². The average molecular weight is 789 g/mol. The molecule has 6 heteroatoms. The predicted octanol–water partition coefficient (Wildman–Crippen LogP) is 14.4. The van der Waals surface area contributed by atoms with Gasteiger partial charge in [-0.25, -0.2) is 0 Å². The summed E-state index contributed by atoms with van der Waals surface area (Å²) in [6, 6.07) is 0. The highest BCUT2D eigenvalue weighted by Crippen LogP contribution is 2.11. The molecule has 0 aromatic carbocycles. The summed E-state index contributed by atoms with van der Waals surface area (Å²) in [7, 11) is 0. The number of carbonyl (C=O) groups excluding carboxylic acids is 3. The molecule has 0 aromatic heterocycles. The van der Waals surface area contributed by atoms with Gasteiger partial charge in [0.15, 0.2) is 6.10 Å². The third kappa shape index (κ3) is 43.0. The summed E-state index contributed by atoms with van der Waals surface area (Å²) in [5.74, 6) is -1.03. The van der Waals surface area contributed by atoms with Crippen molar-refractivity contribution in [2.24, 2.45) is 0 Å². The summed E-state index contributed by atoms with van der Waals surface area (Å²) >= 11 is 0. The number of carbonyl (C=O) groups is 3. The maximum absolute atomic E-state index is 12.7. The number of rotatable bonds is 38. The van der Waals surface area contributed by atoms with Crippen molar-refractivity contribution in [2.45, 2.75) is 181 Å². The molecule has 0 radical (unpaired) electrons. The summed E-state index contributed by atoms with van der Waals surface area (Å²) in [6.07, 6.45) is 59.4. The van der Waals surface area contributed by atoms with Gasteiger partial charge in [0.05, 0.1) is 0 Å². The second kappa shape index (κ2) is 44.8. The maximum Gasteiger partial charge on any atom is 0.306 e. The second-order valence-corrected chi connectivity index (χ2v) is 14.3. The van der Waals surface area contributed by atoms with Gasteiger partial charge >= 0.3 is 17.9 Å². The molecular weight excluding hydrogens is 709 g/mol. The van der Waals surface area contributed by atoms with Crippen LogP contribution in [-0.2, 0) is 28.6 Å². The van der Waals surface area contributed by atoms with E-state index in [1.54, 1.807) is 0 Å². The molecule has 0 amide bonds. The Bertz CT molecular complexity index is 1230. The van der Waals surface area contributed by atoms with Crippen molar-refractivity contribution < 1.29 is 28.6 Å². The van der Waals surface area contributed by atoms with E-state index in [9.17, 15) is 14.4 Å². The molecule has 0 aliphatic rings. The number of ether oxygens (including phenoxy) is 3. The minimum atomic E-state index is -0.819. The molecule has 0 fully saturated rings. The van der Waals surface area contributed by atoms with Gasteiger partial charge in [-0.15, -0.1) is 0 Å². The Balaban J connectivity index is 4.50. The zero-order valence-corrected chi connectivity index (χ0v) is 36.3. The first kappa shape index (κ1) is 53.1. The highest BCUT2D eigenvalue weighted by atomic mass is 16.6. The Morgan fingerprint density at radius 1 is 0.386 bits per heavy atom. The van der Waals surface area contributed by atoms with Crippen molar-refractivity contribution in [3.05, 3.63) is 109 Å². The largest absolute Gasteiger partial charge is 0.462 e. The number of hydrogen-bond donors (Lipinski definition) is 0. The van der Waals surface area contributed by atoms with E-state index in [-0.39, 0.29) is 37.5 Å². The average Bonchev–Trinajstić information content (AvgIpc) is 3.21. The van der Waals surface area contributed by atoms with Crippen LogP contribution in [0.25, 0.3) is 0 Å². The van der Waals surface area contributed by atoms with Gasteiger partial charge in [0.25, 0.3) is 0 Å². The van der Waals surface area contributed by atoms with Crippen LogP contribution in [0.2, 0.25) is 0 Å². The zero-order chi connectivity index (χ0) is 41.5. The Morgan fingerprint density at radius 3 is 1.42 bits per heavy atom. The lowest BCUT2D eigenvalue weighted by Gasteiger charge is -2.18. The van der Waals surface area contributed by atoms with Gasteiger partial charge in [0.1, 0.15) is 13.2 Å². The zero-order valence-electron chi connectivity index (χ0n) is 36.3. The fourth-order valence-corrected chi connectivity index (χ4v) is 5.49. The van der Waals surface area contributed by atoms with E-state index < -0.39 is 6.10 Å². The van der Waals surface area contributed by atoms with Crippen LogP contribution in [-0.4, -0.2) is 37.2 Å². The Morgan fingerprint density at radius 2 is 0.807 bits per heavy atom. The number of unbranched alkanes of at least 4 members (excludes halogenated alkanes) is 13. The van der Waals surface area contributed by atoms with Crippen LogP contribution in [0.1, 0.15) is 175 Å². The van der Waals surface area contributed by atoms with Crippen LogP contribution >= 0.6 is 0 Å². The van der Waals surface area contributed by atoms with Crippen molar-refractivity contribution in [1.82, 2.24) is 0 Å². The maximum atomic E-state index is 12.7. The van der Waals surface area contributed by atoms with Crippen molar-refractivity contribution >= 4 is 17.9 Å². The first-order chi connectivity index (χ1) is 28.0. The SMILES string of the molecule is CC/C=C\C/C=C\C/C=C\CCCCC(=O)OC(COC(=O)CCC/C=C\CCCCCC)COC(=O)CCCCCCC\C=C/C=C\C=C/C=C\C=C/CCC. The van der Waals surface area contributed by atoms with Gasteiger partial charge in [-0.05, 0) is 89.9 Å². The molecule has 57 heavy (non-hydrogen) atoms. The van der Waals surface area contributed by atoms with Crippen molar-refractivity contribution in [1.29, 1.82) is 0 Å². The lowest BCUT2D eigenvalue weighted by atomic mass is 10.1. The van der Waals surface area contributed by atoms with Crippen LogP contribution in [0.3, 0.4) is 0 Å². The van der Waals surface area contributed by atoms with E-state index in [4.69, 9.17) is 14.2 Å². The van der Waals surface area contributed by atoms with Crippen molar-refractivity contribution in [2.75, 3.05) is 13.2 Å². The monoisotopic (exact) mass is 789 g/mol. The van der Waals surface area contributed by atoms with Crippen molar-refractivity contribution in [3.8, 4) is 0 Å². The van der Waals surface area contributed by atoms with E-state index >= 15 is 0 Å². The molecule has 0 bridgehead atoms. The molecule has 6 nitrogen and oxygen atoms in total. The second-order valence-electron chi connectivity index (χ2n) is 14.3. The van der Waals surface area contributed by atoms with Gasteiger partial charge in [0.2, 0.25) is 0 Å². The molecule has 0 saturated heterocycles. The van der Waals surface area contributed by atoms with E-state index in [0.717, 1.165) is 89.9 Å². The minimum absolute atomic E-state index is 0.118. The smallest absolute Gasteiger partial charge is 0.306 e. The molecule has 1 atom stereocenters. The predicted molar refractivity (Wildman–Crippen MR) is 242 cm³/mol. The third-order valence-electron chi connectivity index (χ3n) is 8.84. The fourth-order valence-electron chi connectivity index (χ4n) is 5.49. The summed E-state index contributed by atoms with van der Waals surface area (Å²) in [4.78, 5) is 37.6. The molecular formula is C51H80O6. The highest BCUT2D eigenvalue weighted by molar-refractivity contribution is 5.71. The fraction of sp³-hybridized carbons (Fsp3) is 0.588. The minimum Gasteiger partial charge on any atom is -0.462 e. The molecule has 0 aliphatic heterocycles. The normalized spacial score (nSPS) is 13.1. The van der Waals surface area contributed by atoms with Gasteiger partial charge < -0.3 is 14.2 Å².